The van der Waals surface area contributed by atoms with Crippen molar-refractivity contribution < 1.29 is 23.8 Å². The van der Waals surface area contributed by atoms with Gasteiger partial charge in [0.25, 0.3) is 11.8 Å². The van der Waals surface area contributed by atoms with Gasteiger partial charge in [-0.3, -0.25) is 20.4 Å². The molecule has 7 nitrogen and oxygen atoms in total. The summed E-state index contributed by atoms with van der Waals surface area (Å²) in [5.74, 6) is 0.0526. The molecule has 0 saturated carbocycles. The number of hydrogen-bond acceptors (Lipinski definition) is 5. The number of carbonyl (C=O) groups is 2. The van der Waals surface area contributed by atoms with Gasteiger partial charge in [-0.1, -0.05) is 42.5 Å². The summed E-state index contributed by atoms with van der Waals surface area (Å²) in [6, 6.07) is 16.7. The second-order valence-corrected chi connectivity index (χ2v) is 6.26. The number of benzene rings is 3. The standard InChI is InChI=1S/C23H22N2O5/c1-28-19-13-17(14-20(29-2)22(19)30-3)23(27)25-24-21(26)12-11-16-9-6-8-15-7-4-5-10-18(15)16/h4-14H,1-3H3,(H,24,26)(H,25,27)/b12-11+. The Morgan fingerprint density at radius 2 is 1.50 bits per heavy atom. The maximum atomic E-state index is 12.4. The van der Waals surface area contributed by atoms with Gasteiger partial charge in [0.15, 0.2) is 11.5 Å². The molecule has 3 rings (SSSR count). The van der Waals surface area contributed by atoms with E-state index in [4.69, 9.17) is 14.2 Å². The van der Waals surface area contributed by atoms with E-state index in [2.05, 4.69) is 10.9 Å². The van der Waals surface area contributed by atoms with Crippen LogP contribution in [0.15, 0.2) is 60.7 Å². The van der Waals surface area contributed by atoms with E-state index in [1.807, 2.05) is 42.5 Å². The van der Waals surface area contributed by atoms with Crippen molar-refractivity contribution in [1.29, 1.82) is 0 Å². The minimum atomic E-state index is -0.527. The summed E-state index contributed by atoms with van der Waals surface area (Å²) in [6.07, 6.45) is 3.06. The quantitative estimate of drug-likeness (QED) is 0.484. The average Bonchev–Trinajstić information content (AvgIpc) is 2.79. The molecule has 0 radical (unpaired) electrons. The fourth-order valence-corrected chi connectivity index (χ4v) is 3.01. The van der Waals surface area contributed by atoms with E-state index in [0.29, 0.717) is 17.2 Å². The van der Waals surface area contributed by atoms with Gasteiger partial charge in [-0.05, 0) is 34.5 Å². The summed E-state index contributed by atoms with van der Waals surface area (Å²) < 4.78 is 15.7. The monoisotopic (exact) mass is 406 g/mol. The molecule has 0 bridgehead atoms. The van der Waals surface area contributed by atoms with Gasteiger partial charge in [0.1, 0.15) is 0 Å². The smallest absolute Gasteiger partial charge is 0.269 e. The maximum absolute atomic E-state index is 12.4. The molecule has 0 unspecified atom stereocenters. The molecule has 0 saturated heterocycles. The van der Waals surface area contributed by atoms with Crippen molar-refractivity contribution in [2.45, 2.75) is 0 Å². The number of methoxy groups -OCH3 is 3. The molecular formula is C23H22N2O5. The van der Waals surface area contributed by atoms with Gasteiger partial charge >= 0.3 is 0 Å². The van der Waals surface area contributed by atoms with E-state index in [9.17, 15) is 9.59 Å². The summed E-state index contributed by atoms with van der Waals surface area (Å²) in [6.45, 7) is 0. The molecule has 3 aromatic carbocycles. The third-order valence-electron chi connectivity index (χ3n) is 4.46. The molecule has 0 fully saturated rings. The van der Waals surface area contributed by atoms with Gasteiger partial charge < -0.3 is 14.2 Å². The zero-order valence-corrected chi connectivity index (χ0v) is 16.9. The lowest BCUT2D eigenvalue weighted by Crippen LogP contribution is -2.40. The van der Waals surface area contributed by atoms with Crippen LogP contribution in [0.25, 0.3) is 16.8 Å². The molecule has 154 valence electrons. The Labute approximate surface area is 174 Å². The summed E-state index contributed by atoms with van der Waals surface area (Å²) in [7, 11) is 4.39. The first-order valence-corrected chi connectivity index (χ1v) is 9.13. The highest BCUT2D eigenvalue weighted by atomic mass is 16.5. The van der Waals surface area contributed by atoms with Crippen LogP contribution in [0.5, 0.6) is 17.2 Å². The van der Waals surface area contributed by atoms with Crippen molar-refractivity contribution >= 4 is 28.7 Å². The van der Waals surface area contributed by atoms with Gasteiger partial charge in [0, 0.05) is 11.6 Å². The van der Waals surface area contributed by atoms with Gasteiger partial charge in [-0.25, -0.2) is 0 Å². The Hall–Kier alpha value is -4.00. The van der Waals surface area contributed by atoms with Crippen LogP contribution >= 0.6 is 0 Å². The highest BCUT2D eigenvalue weighted by Crippen LogP contribution is 2.38. The number of amides is 2. The van der Waals surface area contributed by atoms with Crippen LogP contribution in [-0.4, -0.2) is 33.1 Å². The Kier molecular flexibility index (Phi) is 6.54. The number of hydrogen-bond donors (Lipinski definition) is 2. The van der Waals surface area contributed by atoms with Gasteiger partial charge in [0.05, 0.1) is 21.3 Å². The molecule has 0 spiro atoms. The molecule has 0 aliphatic carbocycles. The Morgan fingerprint density at radius 3 is 2.17 bits per heavy atom. The van der Waals surface area contributed by atoms with E-state index in [1.165, 1.54) is 39.5 Å². The van der Waals surface area contributed by atoms with Gasteiger partial charge in [0.2, 0.25) is 5.75 Å². The average molecular weight is 406 g/mol. The molecule has 0 atom stereocenters. The predicted molar refractivity (Wildman–Crippen MR) is 115 cm³/mol. The second-order valence-electron chi connectivity index (χ2n) is 6.26. The normalized spacial score (nSPS) is 10.6. The van der Waals surface area contributed by atoms with Crippen molar-refractivity contribution in [1.82, 2.24) is 10.9 Å². The highest BCUT2D eigenvalue weighted by molar-refractivity contribution is 6.00. The molecule has 0 aliphatic heterocycles. The van der Waals surface area contributed by atoms with E-state index < -0.39 is 11.8 Å². The SMILES string of the molecule is COc1cc(C(=O)NNC(=O)/C=C/c2cccc3ccccc23)cc(OC)c1OC. The third-order valence-corrected chi connectivity index (χ3v) is 4.46. The van der Waals surface area contributed by atoms with Crippen molar-refractivity contribution in [3.8, 4) is 17.2 Å². The Morgan fingerprint density at radius 1 is 0.833 bits per heavy atom. The van der Waals surface area contributed by atoms with Crippen LogP contribution in [0.3, 0.4) is 0 Å². The largest absolute Gasteiger partial charge is 0.493 e. The lowest BCUT2D eigenvalue weighted by molar-refractivity contribution is -0.117. The minimum absolute atomic E-state index is 0.239. The van der Waals surface area contributed by atoms with Crippen LogP contribution in [-0.2, 0) is 4.79 Å². The number of carbonyl (C=O) groups excluding carboxylic acids is 2. The fraction of sp³-hybridized carbons (Fsp3) is 0.130. The first-order chi connectivity index (χ1) is 14.6. The van der Waals surface area contributed by atoms with Gasteiger partial charge in [-0.2, -0.15) is 0 Å². The van der Waals surface area contributed by atoms with Crippen molar-refractivity contribution in [3.05, 3.63) is 71.8 Å². The number of fused-ring (bicyclic) bond motifs is 1. The number of rotatable bonds is 6. The molecule has 2 N–H and O–H groups in total. The van der Waals surface area contributed by atoms with E-state index in [0.717, 1.165) is 16.3 Å². The number of hydrazine groups is 1. The Bertz CT molecular complexity index is 1080. The van der Waals surface area contributed by atoms with Crippen molar-refractivity contribution in [3.63, 3.8) is 0 Å². The van der Waals surface area contributed by atoms with Gasteiger partial charge in [-0.15, -0.1) is 0 Å². The molecular weight excluding hydrogens is 384 g/mol. The Balaban J connectivity index is 1.69. The summed E-state index contributed by atoms with van der Waals surface area (Å²) in [4.78, 5) is 24.6. The van der Waals surface area contributed by atoms with Crippen molar-refractivity contribution in [2.24, 2.45) is 0 Å². The van der Waals surface area contributed by atoms with Crippen LogP contribution < -0.4 is 25.1 Å². The topological polar surface area (TPSA) is 85.9 Å². The molecule has 7 heteroatoms. The fourth-order valence-electron chi connectivity index (χ4n) is 3.01. The molecule has 0 aromatic heterocycles. The van der Waals surface area contributed by atoms with Crippen LogP contribution in [0.1, 0.15) is 15.9 Å². The first-order valence-electron chi connectivity index (χ1n) is 9.13. The number of ether oxygens (including phenoxy) is 3. The summed E-state index contributed by atoms with van der Waals surface area (Å²) in [5, 5.41) is 2.11. The highest BCUT2D eigenvalue weighted by Gasteiger charge is 2.17. The van der Waals surface area contributed by atoms with E-state index in [-0.39, 0.29) is 5.56 Å². The zero-order valence-electron chi connectivity index (χ0n) is 16.9. The lowest BCUT2D eigenvalue weighted by Gasteiger charge is -2.14. The van der Waals surface area contributed by atoms with E-state index in [1.54, 1.807) is 6.08 Å². The van der Waals surface area contributed by atoms with Crippen LogP contribution in [0.4, 0.5) is 0 Å². The molecule has 0 aliphatic rings. The molecule has 2 amide bonds. The second kappa shape index (κ2) is 9.47. The third kappa shape index (κ3) is 4.52. The first kappa shape index (κ1) is 20.7. The molecule has 0 heterocycles. The minimum Gasteiger partial charge on any atom is -0.493 e. The zero-order chi connectivity index (χ0) is 21.5. The predicted octanol–water partition coefficient (Wildman–Crippen LogP) is 3.34. The summed E-state index contributed by atoms with van der Waals surface area (Å²) >= 11 is 0. The van der Waals surface area contributed by atoms with Crippen LogP contribution in [0.2, 0.25) is 0 Å². The number of nitrogens with one attached hydrogen (secondary N) is 2. The summed E-state index contributed by atoms with van der Waals surface area (Å²) in [5.41, 5.74) is 5.88. The van der Waals surface area contributed by atoms with Crippen molar-refractivity contribution in [2.75, 3.05) is 21.3 Å². The lowest BCUT2D eigenvalue weighted by atomic mass is 10.0. The maximum Gasteiger partial charge on any atom is 0.269 e. The van der Waals surface area contributed by atoms with Crippen LogP contribution in [0, 0.1) is 0 Å². The molecule has 30 heavy (non-hydrogen) atoms. The van der Waals surface area contributed by atoms with E-state index >= 15 is 0 Å². The molecule has 3 aromatic rings.